The number of rotatable bonds is 2. The third kappa shape index (κ3) is 3.01. The van der Waals surface area contributed by atoms with E-state index in [4.69, 9.17) is 5.53 Å². The van der Waals surface area contributed by atoms with Gasteiger partial charge < -0.3 is 0 Å². The summed E-state index contributed by atoms with van der Waals surface area (Å²) in [4.78, 5) is 3.28. The maximum absolute atomic E-state index is 6.16. The zero-order valence-electron chi connectivity index (χ0n) is 3.26. The van der Waals surface area contributed by atoms with Gasteiger partial charge in [-0.3, -0.25) is 4.99 Å². The minimum absolute atomic E-state index is 1.24. The topological polar surface area (TPSA) is 48.6 Å². The quantitative estimate of drug-likeness (QED) is 0.385. The predicted molar refractivity (Wildman–Crippen MR) is 23.8 cm³/mol. The van der Waals surface area contributed by atoms with E-state index in [1.165, 1.54) is 12.4 Å². The fraction of sp³-hybridized carbons (Fsp3) is 0. The fourth-order valence-electron chi connectivity index (χ4n) is 0.0805. The molecule has 0 spiro atoms. The van der Waals surface area contributed by atoms with Crippen molar-refractivity contribution in [2.45, 2.75) is 0 Å². The standard InChI is InChI=1S/C3H5N3/c1-5-2-3-6-4/h2-4H,1H2/b3-2-,6-4?. The van der Waals surface area contributed by atoms with Gasteiger partial charge in [0, 0.05) is 6.20 Å². The average molecular weight is 83.1 g/mol. The highest BCUT2D eigenvalue weighted by molar-refractivity contribution is 5.25. The summed E-state index contributed by atoms with van der Waals surface area (Å²) >= 11 is 0. The van der Waals surface area contributed by atoms with Crippen molar-refractivity contribution in [1.82, 2.24) is 0 Å². The van der Waals surface area contributed by atoms with Gasteiger partial charge >= 0.3 is 0 Å². The van der Waals surface area contributed by atoms with Crippen LogP contribution in [-0.4, -0.2) is 6.72 Å². The van der Waals surface area contributed by atoms with Crippen LogP contribution in [0.4, 0.5) is 0 Å². The molecule has 0 aliphatic heterocycles. The monoisotopic (exact) mass is 83.0 g/mol. The first-order valence-electron chi connectivity index (χ1n) is 1.39. The Hall–Kier alpha value is -0.990. The van der Waals surface area contributed by atoms with Crippen LogP contribution < -0.4 is 0 Å². The molecule has 0 saturated carbocycles. The number of hydrogen-bond acceptors (Lipinski definition) is 3. The molecule has 0 aliphatic carbocycles. The van der Waals surface area contributed by atoms with Crippen LogP contribution in [-0.2, 0) is 0 Å². The van der Waals surface area contributed by atoms with Crippen molar-refractivity contribution in [3.63, 3.8) is 0 Å². The molecular weight excluding hydrogens is 78.1 g/mol. The lowest BCUT2D eigenvalue weighted by Gasteiger charge is -1.60. The molecule has 0 rings (SSSR count). The highest BCUT2D eigenvalue weighted by atomic mass is 14.9. The molecule has 0 aromatic carbocycles. The Bertz CT molecular complexity index is 64.1. The largest absolute Gasteiger partial charge is 0.271 e. The second-order valence-corrected chi connectivity index (χ2v) is 0.610. The Balaban J connectivity index is 3.17. The lowest BCUT2D eigenvalue weighted by Crippen LogP contribution is -1.40. The highest BCUT2D eigenvalue weighted by Gasteiger charge is 1.49. The van der Waals surface area contributed by atoms with Crippen molar-refractivity contribution in [2.75, 3.05) is 0 Å². The van der Waals surface area contributed by atoms with Gasteiger partial charge in [-0.25, -0.2) is 5.53 Å². The van der Waals surface area contributed by atoms with E-state index in [9.17, 15) is 0 Å². The van der Waals surface area contributed by atoms with E-state index in [0.29, 0.717) is 0 Å². The van der Waals surface area contributed by atoms with Crippen LogP contribution in [0, 0.1) is 5.53 Å². The summed E-state index contributed by atoms with van der Waals surface area (Å²) in [6, 6.07) is 0. The van der Waals surface area contributed by atoms with Crippen molar-refractivity contribution in [1.29, 1.82) is 5.53 Å². The molecule has 3 nitrogen and oxygen atoms in total. The Morgan fingerprint density at radius 1 is 1.50 bits per heavy atom. The second kappa shape index (κ2) is 4.01. The van der Waals surface area contributed by atoms with Gasteiger partial charge in [-0.15, -0.1) is 0 Å². The molecule has 0 aromatic rings. The molecule has 6 heavy (non-hydrogen) atoms. The summed E-state index contributed by atoms with van der Waals surface area (Å²) < 4.78 is 0. The van der Waals surface area contributed by atoms with Crippen molar-refractivity contribution in [3.8, 4) is 0 Å². The summed E-state index contributed by atoms with van der Waals surface area (Å²) in [5.74, 6) is 0. The van der Waals surface area contributed by atoms with Crippen LogP contribution in [0.3, 0.4) is 0 Å². The molecule has 0 aliphatic rings. The summed E-state index contributed by atoms with van der Waals surface area (Å²) in [6.45, 7) is 3.12. The van der Waals surface area contributed by atoms with E-state index in [2.05, 4.69) is 16.8 Å². The van der Waals surface area contributed by atoms with Gasteiger partial charge in [0.05, 0.1) is 6.20 Å². The first kappa shape index (κ1) is 5.01. The van der Waals surface area contributed by atoms with Gasteiger partial charge in [-0.2, -0.15) is 5.11 Å². The van der Waals surface area contributed by atoms with Crippen molar-refractivity contribution < 1.29 is 0 Å². The van der Waals surface area contributed by atoms with Gasteiger partial charge in [0.25, 0.3) is 0 Å². The average Bonchev–Trinajstić information content (AvgIpc) is 1.61. The molecule has 0 atom stereocenters. The molecule has 0 unspecified atom stereocenters. The Morgan fingerprint density at radius 2 is 2.17 bits per heavy atom. The van der Waals surface area contributed by atoms with E-state index in [0.717, 1.165) is 0 Å². The molecule has 32 valence electrons. The maximum atomic E-state index is 6.16. The molecular formula is C3H5N3. The molecule has 0 amide bonds. The smallest absolute Gasteiger partial charge is 0.0671 e. The first-order valence-corrected chi connectivity index (χ1v) is 1.39. The zero-order valence-corrected chi connectivity index (χ0v) is 3.26. The van der Waals surface area contributed by atoms with Gasteiger partial charge in [0.15, 0.2) is 0 Å². The van der Waals surface area contributed by atoms with Crippen LogP contribution in [0.5, 0.6) is 0 Å². The van der Waals surface area contributed by atoms with E-state index in [-0.39, 0.29) is 0 Å². The Kier molecular flexibility index (Phi) is 3.35. The number of nitrogens with one attached hydrogen (secondary N) is 1. The van der Waals surface area contributed by atoms with Crippen LogP contribution >= 0.6 is 0 Å². The van der Waals surface area contributed by atoms with E-state index in [1.807, 2.05) is 0 Å². The maximum Gasteiger partial charge on any atom is 0.0671 e. The third-order valence-electron chi connectivity index (χ3n) is 0.247. The lowest BCUT2D eigenvalue weighted by molar-refractivity contribution is 1.14. The Morgan fingerprint density at radius 3 is 2.33 bits per heavy atom. The summed E-state index contributed by atoms with van der Waals surface area (Å²) in [7, 11) is 0. The number of hydrogen-bond donors (Lipinski definition) is 1. The van der Waals surface area contributed by atoms with Gasteiger partial charge in [-0.1, -0.05) is 0 Å². The number of nitrogens with zero attached hydrogens (tertiary/aromatic N) is 2. The van der Waals surface area contributed by atoms with Crippen molar-refractivity contribution in [3.05, 3.63) is 12.4 Å². The van der Waals surface area contributed by atoms with Gasteiger partial charge in [0.1, 0.15) is 0 Å². The molecule has 0 aromatic heterocycles. The molecule has 0 saturated heterocycles. The van der Waals surface area contributed by atoms with Crippen molar-refractivity contribution in [2.24, 2.45) is 10.1 Å². The zero-order chi connectivity index (χ0) is 4.83. The summed E-state index contributed by atoms with van der Waals surface area (Å²) in [5, 5.41) is 2.86. The Labute approximate surface area is 35.9 Å². The van der Waals surface area contributed by atoms with Crippen molar-refractivity contribution >= 4 is 6.72 Å². The summed E-state index contributed by atoms with van der Waals surface area (Å²) in [6.07, 6.45) is 2.58. The molecule has 0 heterocycles. The first-order chi connectivity index (χ1) is 2.91. The summed E-state index contributed by atoms with van der Waals surface area (Å²) in [5.41, 5.74) is 6.16. The second-order valence-electron chi connectivity index (χ2n) is 0.610. The third-order valence-corrected chi connectivity index (χ3v) is 0.247. The fourth-order valence-corrected chi connectivity index (χ4v) is 0.0805. The van der Waals surface area contributed by atoms with E-state index in [1.54, 1.807) is 0 Å². The van der Waals surface area contributed by atoms with Crippen LogP contribution in [0.15, 0.2) is 22.5 Å². The minimum atomic E-state index is 1.24. The lowest BCUT2D eigenvalue weighted by atomic mass is 10.9. The van der Waals surface area contributed by atoms with Gasteiger partial charge in [-0.05, 0) is 6.72 Å². The predicted octanol–water partition coefficient (Wildman–Crippen LogP) is 1.19. The minimum Gasteiger partial charge on any atom is -0.271 e. The molecule has 0 fully saturated rings. The highest BCUT2D eigenvalue weighted by Crippen LogP contribution is 1.69. The molecule has 3 heteroatoms. The normalized spacial score (nSPS) is 8.67. The molecule has 1 N–H and O–H groups in total. The SMILES string of the molecule is C=N/C=C\N=N. The molecule has 0 radical (unpaired) electrons. The van der Waals surface area contributed by atoms with Crippen LogP contribution in [0.1, 0.15) is 0 Å². The molecule has 0 bridgehead atoms. The van der Waals surface area contributed by atoms with Crippen LogP contribution in [0.2, 0.25) is 0 Å². The van der Waals surface area contributed by atoms with E-state index >= 15 is 0 Å². The van der Waals surface area contributed by atoms with Gasteiger partial charge in [0.2, 0.25) is 0 Å². The number of aliphatic imine (C=N–C) groups is 1. The van der Waals surface area contributed by atoms with E-state index < -0.39 is 0 Å². The van der Waals surface area contributed by atoms with Crippen LogP contribution in [0.25, 0.3) is 0 Å².